The molecule has 4 aromatic rings. The maximum atomic E-state index is 14.1. The summed E-state index contributed by atoms with van der Waals surface area (Å²) in [7, 11) is 0. The molecule has 0 radical (unpaired) electrons. The van der Waals surface area contributed by atoms with Crippen molar-refractivity contribution in [3.63, 3.8) is 0 Å². The van der Waals surface area contributed by atoms with E-state index >= 15 is 0 Å². The van der Waals surface area contributed by atoms with Crippen LogP contribution in [0.2, 0.25) is 0 Å². The lowest BCUT2D eigenvalue weighted by molar-refractivity contribution is 0.0930. The predicted octanol–water partition coefficient (Wildman–Crippen LogP) is 2.51. The van der Waals surface area contributed by atoms with E-state index in [1.54, 1.807) is 48.5 Å². The Morgan fingerprint density at radius 3 is 2.29 bits per heavy atom. The number of hydrogen-bond acceptors (Lipinski definition) is 6. The number of nitrogens with two attached hydrogens (primary N) is 1. The highest BCUT2D eigenvalue weighted by Crippen LogP contribution is 2.28. The van der Waals surface area contributed by atoms with Crippen molar-refractivity contribution in [2.75, 3.05) is 44.2 Å². The standard InChI is InChI=1S/C28H27FN6O3/c29-20-10-11-23-24(18-20)35(28(38)19-6-2-1-3-7-19)32-26(23)34-16-14-33(15-17-34)13-12-31-27(37)22-9-5-4-8-21(22)25(30)36/h1-11,18H,12-17H2,(H2,30,36)(H,31,37). The van der Waals surface area contributed by atoms with Crippen molar-refractivity contribution in [1.82, 2.24) is 20.0 Å². The molecule has 10 heteroatoms. The summed E-state index contributed by atoms with van der Waals surface area (Å²) >= 11 is 0. The average Bonchev–Trinajstić information content (AvgIpc) is 3.32. The van der Waals surface area contributed by atoms with Gasteiger partial charge in [-0.1, -0.05) is 30.3 Å². The minimum atomic E-state index is -0.643. The van der Waals surface area contributed by atoms with E-state index in [9.17, 15) is 18.8 Å². The number of halogens is 1. The number of rotatable bonds is 7. The van der Waals surface area contributed by atoms with Crippen molar-refractivity contribution in [3.05, 3.63) is 95.3 Å². The molecule has 5 rings (SSSR count). The molecular formula is C28H27FN6O3. The zero-order chi connectivity index (χ0) is 26.6. The summed E-state index contributed by atoms with van der Waals surface area (Å²) in [6.07, 6.45) is 0. The second-order valence-corrected chi connectivity index (χ2v) is 9.06. The Kier molecular flexibility index (Phi) is 7.14. The molecule has 0 unspecified atom stereocenters. The molecule has 1 saturated heterocycles. The van der Waals surface area contributed by atoms with Crippen molar-refractivity contribution in [3.8, 4) is 0 Å². The zero-order valence-corrected chi connectivity index (χ0v) is 20.6. The van der Waals surface area contributed by atoms with Crippen LogP contribution in [0.15, 0.2) is 72.8 Å². The molecule has 1 aromatic heterocycles. The van der Waals surface area contributed by atoms with Crippen LogP contribution in [0.3, 0.4) is 0 Å². The fraction of sp³-hybridized carbons (Fsp3) is 0.214. The molecule has 3 aromatic carbocycles. The van der Waals surface area contributed by atoms with E-state index in [0.29, 0.717) is 48.5 Å². The van der Waals surface area contributed by atoms with Gasteiger partial charge in [0, 0.05) is 56.3 Å². The molecule has 0 bridgehead atoms. The Balaban J connectivity index is 1.23. The summed E-state index contributed by atoms with van der Waals surface area (Å²) in [6.45, 7) is 3.79. The number of nitrogens with zero attached hydrogens (tertiary/aromatic N) is 4. The number of amides is 2. The number of carbonyl (C=O) groups is 3. The number of carbonyl (C=O) groups excluding carboxylic acids is 3. The van der Waals surface area contributed by atoms with Gasteiger partial charge < -0.3 is 16.0 Å². The third kappa shape index (κ3) is 5.12. The summed E-state index contributed by atoms with van der Waals surface area (Å²) in [6, 6.07) is 19.6. The van der Waals surface area contributed by atoms with Crippen LogP contribution in [-0.2, 0) is 0 Å². The van der Waals surface area contributed by atoms with Crippen LogP contribution in [0, 0.1) is 5.82 Å². The molecule has 0 spiro atoms. The van der Waals surface area contributed by atoms with Crippen LogP contribution in [0.5, 0.6) is 0 Å². The molecule has 0 saturated carbocycles. The first-order chi connectivity index (χ1) is 18.4. The van der Waals surface area contributed by atoms with Gasteiger partial charge in [-0.2, -0.15) is 4.68 Å². The lowest BCUT2D eigenvalue weighted by atomic mass is 10.1. The minimum Gasteiger partial charge on any atom is -0.366 e. The summed E-state index contributed by atoms with van der Waals surface area (Å²) < 4.78 is 15.4. The molecule has 3 N–H and O–H groups in total. The lowest BCUT2D eigenvalue weighted by Crippen LogP contribution is -2.48. The fourth-order valence-electron chi connectivity index (χ4n) is 4.67. The number of benzene rings is 3. The molecule has 38 heavy (non-hydrogen) atoms. The van der Waals surface area contributed by atoms with Crippen LogP contribution in [0.4, 0.5) is 10.2 Å². The smallest absolute Gasteiger partial charge is 0.278 e. The van der Waals surface area contributed by atoms with Crippen molar-refractivity contribution < 1.29 is 18.8 Å². The summed E-state index contributed by atoms with van der Waals surface area (Å²) in [5, 5.41) is 8.18. The number of piperazine rings is 1. The lowest BCUT2D eigenvalue weighted by Gasteiger charge is -2.35. The van der Waals surface area contributed by atoms with Gasteiger partial charge in [0.25, 0.3) is 11.8 Å². The quantitative estimate of drug-likeness (QED) is 0.392. The van der Waals surface area contributed by atoms with E-state index in [0.717, 1.165) is 13.1 Å². The maximum Gasteiger partial charge on any atom is 0.278 e. The van der Waals surface area contributed by atoms with Crippen LogP contribution < -0.4 is 16.0 Å². The monoisotopic (exact) mass is 514 g/mol. The second-order valence-electron chi connectivity index (χ2n) is 9.06. The fourth-order valence-corrected chi connectivity index (χ4v) is 4.67. The first kappa shape index (κ1) is 25.1. The van der Waals surface area contributed by atoms with Crippen molar-refractivity contribution in [2.24, 2.45) is 5.73 Å². The van der Waals surface area contributed by atoms with Crippen LogP contribution in [0.1, 0.15) is 31.1 Å². The van der Waals surface area contributed by atoms with Gasteiger partial charge >= 0.3 is 0 Å². The molecule has 1 aliphatic rings. The van der Waals surface area contributed by atoms with Gasteiger partial charge in [0.2, 0.25) is 5.91 Å². The van der Waals surface area contributed by atoms with Gasteiger partial charge in [-0.05, 0) is 36.4 Å². The van der Waals surface area contributed by atoms with Gasteiger partial charge in [-0.25, -0.2) is 4.39 Å². The molecule has 0 atom stereocenters. The predicted molar refractivity (Wildman–Crippen MR) is 142 cm³/mol. The molecule has 1 fully saturated rings. The normalized spacial score (nSPS) is 14.0. The summed E-state index contributed by atoms with van der Waals surface area (Å²) in [5.41, 5.74) is 6.72. The van der Waals surface area contributed by atoms with Crippen LogP contribution in [0.25, 0.3) is 10.9 Å². The number of hydrogen-bond donors (Lipinski definition) is 2. The van der Waals surface area contributed by atoms with Gasteiger partial charge in [0.1, 0.15) is 5.82 Å². The van der Waals surface area contributed by atoms with Gasteiger partial charge in [-0.3, -0.25) is 19.3 Å². The number of primary amides is 1. The Hall–Kier alpha value is -4.57. The molecule has 2 amide bonds. The highest BCUT2D eigenvalue weighted by Gasteiger charge is 2.24. The average molecular weight is 515 g/mol. The second kappa shape index (κ2) is 10.8. The van der Waals surface area contributed by atoms with E-state index < -0.39 is 11.7 Å². The maximum absolute atomic E-state index is 14.1. The number of aromatic nitrogens is 2. The Morgan fingerprint density at radius 2 is 1.58 bits per heavy atom. The van der Waals surface area contributed by atoms with E-state index in [-0.39, 0.29) is 22.9 Å². The van der Waals surface area contributed by atoms with E-state index in [1.165, 1.54) is 22.9 Å². The molecule has 0 aliphatic carbocycles. The molecular weight excluding hydrogens is 487 g/mol. The molecule has 2 heterocycles. The van der Waals surface area contributed by atoms with Crippen molar-refractivity contribution >= 4 is 34.4 Å². The van der Waals surface area contributed by atoms with Gasteiger partial charge in [-0.15, -0.1) is 5.10 Å². The third-order valence-electron chi connectivity index (χ3n) is 6.66. The first-order valence-electron chi connectivity index (χ1n) is 12.3. The number of anilines is 1. The molecule has 9 nitrogen and oxygen atoms in total. The molecule has 1 aliphatic heterocycles. The van der Waals surface area contributed by atoms with E-state index in [2.05, 4.69) is 20.2 Å². The van der Waals surface area contributed by atoms with Gasteiger partial charge in [0.15, 0.2) is 5.82 Å². The Bertz CT molecular complexity index is 1500. The Morgan fingerprint density at radius 1 is 0.895 bits per heavy atom. The highest BCUT2D eigenvalue weighted by molar-refractivity contribution is 6.06. The van der Waals surface area contributed by atoms with E-state index in [1.807, 2.05) is 6.07 Å². The van der Waals surface area contributed by atoms with Crippen molar-refractivity contribution in [1.29, 1.82) is 0 Å². The van der Waals surface area contributed by atoms with E-state index in [4.69, 9.17) is 5.73 Å². The van der Waals surface area contributed by atoms with Gasteiger partial charge in [0.05, 0.1) is 16.6 Å². The number of fused-ring (bicyclic) bond motifs is 1. The molecule has 194 valence electrons. The topological polar surface area (TPSA) is 114 Å². The first-order valence-corrected chi connectivity index (χ1v) is 12.3. The highest BCUT2D eigenvalue weighted by atomic mass is 19.1. The van der Waals surface area contributed by atoms with Crippen molar-refractivity contribution in [2.45, 2.75) is 0 Å². The number of nitrogens with one attached hydrogen (secondary N) is 1. The third-order valence-corrected chi connectivity index (χ3v) is 6.66. The minimum absolute atomic E-state index is 0.191. The summed E-state index contributed by atoms with van der Waals surface area (Å²) in [4.78, 5) is 41.6. The van der Waals surface area contributed by atoms with Crippen LogP contribution >= 0.6 is 0 Å². The zero-order valence-electron chi connectivity index (χ0n) is 20.6. The Labute approximate surface area is 218 Å². The SMILES string of the molecule is NC(=O)c1ccccc1C(=O)NCCN1CCN(c2nn(C(=O)c3ccccc3)c3cc(F)ccc23)CC1. The summed E-state index contributed by atoms with van der Waals surface area (Å²) in [5.74, 6) is -1.10. The largest absolute Gasteiger partial charge is 0.366 e. The van der Waals surface area contributed by atoms with Crippen LogP contribution in [-0.4, -0.2) is 71.7 Å².